The molecule has 0 atom stereocenters. The van der Waals surface area contributed by atoms with E-state index in [9.17, 15) is 13.2 Å². The predicted octanol–water partition coefficient (Wildman–Crippen LogP) is 4.39. The molecule has 124 valence electrons. The largest absolute Gasteiger partial charge is 0.490 e. The molecular formula is C17H24F3NO. The zero-order chi connectivity index (χ0) is 16.4. The minimum atomic E-state index is -4.11. The molecule has 5 heteroatoms. The van der Waals surface area contributed by atoms with Crippen LogP contribution in [-0.2, 0) is 5.41 Å². The van der Waals surface area contributed by atoms with Crippen LogP contribution in [0.5, 0.6) is 5.75 Å². The fourth-order valence-corrected chi connectivity index (χ4v) is 2.66. The Morgan fingerprint density at radius 1 is 1.05 bits per heavy atom. The van der Waals surface area contributed by atoms with Gasteiger partial charge < -0.3 is 4.74 Å². The Balaban J connectivity index is 1.83. The van der Waals surface area contributed by atoms with E-state index in [1.807, 2.05) is 24.3 Å². The molecule has 1 fully saturated rings. The van der Waals surface area contributed by atoms with Crippen molar-refractivity contribution >= 4 is 0 Å². The Bertz CT molecular complexity index is 468. The van der Waals surface area contributed by atoms with Gasteiger partial charge in [0, 0.05) is 13.1 Å². The van der Waals surface area contributed by atoms with Crippen LogP contribution in [0.15, 0.2) is 24.3 Å². The van der Waals surface area contributed by atoms with E-state index in [1.165, 1.54) is 10.5 Å². The van der Waals surface area contributed by atoms with Crippen molar-refractivity contribution in [3.8, 4) is 5.75 Å². The first-order chi connectivity index (χ1) is 10.1. The Morgan fingerprint density at radius 3 is 2.05 bits per heavy atom. The molecule has 0 amide bonds. The average molecular weight is 315 g/mol. The number of benzene rings is 1. The molecule has 22 heavy (non-hydrogen) atoms. The topological polar surface area (TPSA) is 12.5 Å². The summed E-state index contributed by atoms with van der Waals surface area (Å²) in [4.78, 5) is 1.45. The van der Waals surface area contributed by atoms with E-state index in [0.717, 1.165) is 5.75 Å². The molecule has 0 N–H and O–H groups in total. The average Bonchev–Trinajstić information content (AvgIpc) is 2.39. The second kappa shape index (κ2) is 6.49. The molecule has 0 spiro atoms. The minimum absolute atomic E-state index is 0.00460. The van der Waals surface area contributed by atoms with Crippen LogP contribution < -0.4 is 4.74 Å². The SMILES string of the molecule is CC(C)(C)c1ccc(OC2CCN(CC(F)(F)F)CC2)cc1. The van der Waals surface area contributed by atoms with Crippen molar-refractivity contribution in [2.45, 2.75) is 51.3 Å². The lowest BCUT2D eigenvalue weighted by molar-refractivity contribution is -0.149. The maximum atomic E-state index is 12.3. The summed E-state index contributed by atoms with van der Waals surface area (Å²) in [6.45, 7) is 6.51. The first-order valence-electron chi connectivity index (χ1n) is 7.70. The number of likely N-dealkylation sites (tertiary alicyclic amines) is 1. The van der Waals surface area contributed by atoms with E-state index in [4.69, 9.17) is 4.74 Å². The van der Waals surface area contributed by atoms with Gasteiger partial charge in [-0.2, -0.15) is 13.2 Å². The lowest BCUT2D eigenvalue weighted by Gasteiger charge is -2.32. The standard InChI is InChI=1S/C17H24F3NO/c1-16(2,3)13-4-6-14(7-5-13)22-15-8-10-21(11-9-15)12-17(18,19)20/h4-7,15H,8-12H2,1-3H3. The number of hydrogen-bond acceptors (Lipinski definition) is 2. The molecule has 1 heterocycles. The smallest absolute Gasteiger partial charge is 0.401 e. The summed E-state index contributed by atoms with van der Waals surface area (Å²) in [5.41, 5.74) is 1.33. The lowest BCUT2D eigenvalue weighted by Crippen LogP contribution is -2.42. The van der Waals surface area contributed by atoms with E-state index >= 15 is 0 Å². The number of rotatable bonds is 3. The van der Waals surface area contributed by atoms with Gasteiger partial charge in [0.25, 0.3) is 0 Å². The van der Waals surface area contributed by atoms with E-state index in [0.29, 0.717) is 25.9 Å². The highest BCUT2D eigenvalue weighted by molar-refractivity contribution is 5.31. The first-order valence-corrected chi connectivity index (χ1v) is 7.70. The summed E-state index contributed by atoms with van der Waals surface area (Å²) in [7, 11) is 0. The minimum Gasteiger partial charge on any atom is -0.490 e. The fraction of sp³-hybridized carbons (Fsp3) is 0.647. The molecule has 2 rings (SSSR count). The molecule has 1 aromatic rings. The molecule has 0 unspecified atom stereocenters. The third-order valence-corrected chi connectivity index (χ3v) is 3.96. The van der Waals surface area contributed by atoms with Gasteiger partial charge in [0.05, 0.1) is 6.54 Å². The van der Waals surface area contributed by atoms with Crippen molar-refractivity contribution in [1.82, 2.24) is 4.90 Å². The summed E-state index contributed by atoms with van der Waals surface area (Å²) in [5.74, 6) is 0.794. The summed E-state index contributed by atoms with van der Waals surface area (Å²) in [6.07, 6.45) is -2.84. The van der Waals surface area contributed by atoms with E-state index in [2.05, 4.69) is 20.8 Å². The molecule has 1 aliphatic rings. The van der Waals surface area contributed by atoms with Crippen molar-refractivity contribution in [3.63, 3.8) is 0 Å². The van der Waals surface area contributed by atoms with Crippen LogP contribution in [0.25, 0.3) is 0 Å². The van der Waals surface area contributed by atoms with Crippen LogP contribution in [-0.4, -0.2) is 36.8 Å². The van der Waals surface area contributed by atoms with Gasteiger partial charge in [-0.05, 0) is 36.0 Å². The molecule has 0 radical (unpaired) electrons. The van der Waals surface area contributed by atoms with Crippen molar-refractivity contribution in [3.05, 3.63) is 29.8 Å². The Morgan fingerprint density at radius 2 is 1.59 bits per heavy atom. The van der Waals surface area contributed by atoms with Crippen LogP contribution in [0.1, 0.15) is 39.2 Å². The molecule has 2 nitrogen and oxygen atoms in total. The Kier molecular flexibility index (Phi) is 5.05. The summed E-state index contributed by atoms with van der Waals surface area (Å²) < 4.78 is 42.9. The van der Waals surface area contributed by atoms with Crippen LogP contribution in [0.2, 0.25) is 0 Å². The van der Waals surface area contributed by atoms with Crippen LogP contribution in [0.3, 0.4) is 0 Å². The third kappa shape index (κ3) is 5.20. The zero-order valence-corrected chi connectivity index (χ0v) is 13.4. The molecule has 0 saturated carbocycles. The maximum Gasteiger partial charge on any atom is 0.401 e. The maximum absolute atomic E-state index is 12.3. The Hall–Kier alpha value is -1.23. The van der Waals surface area contributed by atoms with Crippen molar-refractivity contribution in [1.29, 1.82) is 0 Å². The van der Waals surface area contributed by atoms with Crippen LogP contribution in [0, 0.1) is 0 Å². The number of hydrogen-bond donors (Lipinski definition) is 0. The molecule has 0 aliphatic carbocycles. The molecular weight excluding hydrogens is 291 g/mol. The van der Waals surface area contributed by atoms with Gasteiger partial charge in [0.1, 0.15) is 11.9 Å². The van der Waals surface area contributed by atoms with Gasteiger partial charge in [-0.25, -0.2) is 0 Å². The van der Waals surface area contributed by atoms with E-state index in [1.54, 1.807) is 0 Å². The zero-order valence-electron chi connectivity index (χ0n) is 13.4. The highest BCUT2D eigenvalue weighted by atomic mass is 19.4. The fourth-order valence-electron chi connectivity index (χ4n) is 2.66. The second-order valence-electron chi connectivity index (χ2n) is 6.98. The number of ether oxygens (including phenoxy) is 1. The highest BCUT2D eigenvalue weighted by Crippen LogP contribution is 2.26. The van der Waals surface area contributed by atoms with Gasteiger partial charge in [-0.3, -0.25) is 4.90 Å². The van der Waals surface area contributed by atoms with E-state index in [-0.39, 0.29) is 11.5 Å². The van der Waals surface area contributed by atoms with Crippen molar-refractivity contribution in [2.75, 3.05) is 19.6 Å². The lowest BCUT2D eigenvalue weighted by atomic mass is 9.87. The number of piperidine rings is 1. The van der Waals surface area contributed by atoms with Crippen LogP contribution >= 0.6 is 0 Å². The third-order valence-electron chi connectivity index (χ3n) is 3.96. The normalized spacial score (nSPS) is 18.5. The molecule has 1 aliphatic heterocycles. The molecule has 0 bridgehead atoms. The summed E-state index contributed by atoms with van der Waals surface area (Å²) >= 11 is 0. The molecule has 1 saturated heterocycles. The van der Waals surface area contributed by atoms with Gasteiger partial charge in [0.2, 0.25) is 0 Å². The predicted molar refractivity (Wildman–Crippen MR) is 81.3 cm³/mol. The number of nitrogens with zero attached hydrogens (tertiary/aromatic N) is 1. The number of alkyl halides is 3. The quantitative estimate of drug-likeness (QED) is 0.820. The van der Waals surface area contributed by atoms with Gasteiger partial charge in [-0.15, -0.1) is 0 Å². The van der Waals surface area contributed by atoms with Crippen LogP contribution in [0.4, 0.5) is 13.2 Å². The summed E-state index contributed by atoms with van der Waals surface area (Å²) in [6, 6.07) is 7.99. The van der Waals surface area contributed by atoms with Gasteiger partial charge in [-0.1, -0.05) is 32.9 Å². The highest BCUT2D eigenvalue weighted by Gasteiger charge is 2.32. The Labute approximate surface area is 130 Å². The first kappa shape index (κ1) is 17.1. The van der Waals surface area contributed by atoms with Gasteiger partial charge in [0.15, 0.2) is 0 Å². The van der Waals surface area contributed by atoms with Crippen molar-refractivity contribution < 1.29 is 17.9 Å². The summed E-state index contributed by atoms with van der Waals surface area (Å²) in [5, 5.41) is 0. The monoisotopic (exact) mass is 315 g/mol. The van der Waals surface area contributed by atoms with Crippen molar-refractivity contribution in [2.24, 2.45) is 0 Å². The number of halogens is 3. The van der Waals surface area contributed by atoms with E-state index < -0.39 is 12.7 Å². The molecule has 1 aromatic carbocycles. The molecule has 0 aromatic heterocycles. The van der Waals surface area contributed by atoms with Gasteiger partial charge >= 0.3 is 6.18 Å². The second-order valence-corrected chi connectivity index (χ2v) is 6.98.